The van der Waals surface area contributed by atoms with Gasteiger partial charge < -0.3 is 9.47 Å². The highest BCUT2D eigenvalue weighted by Gasteiger charge is 2.33. The maximum absolute atomic E-state index is 13.8. The summed E-state index contributed by atoms with van der Waals surface area (Å²) in [6.07, 6.45) is 0. The number of rotatable bonds is 5. The summed E-state index contributed by atoms with van der Waals surface area (Å²) in [6.45, 7) is 10.6. The summed E-state index contributed by atoms with van der Waals surface area (Å²) < 4.78 is 13.4. The van der Waals surface area contributed by atoms with Gasteiger partial charge in [0.2, 0.25) is 0 Å². The van der Waals surface area contributed by atoms with Crippen molar-refractivity contribution in [3.8, 4) is 16.9 Å². The van der Waals surface area contributed by atoms with Gasteiger partial charge in [0.25, 0.3) is 0 Å². The van der Waals surface area contributed by atoms with Crippen molar-refractivity contribution in [3.05, 3.63) is 109 Å². The standard InChI is InChI=1S/C37H33BrO3S/c1-19-16-24-12-8-9-13-26(24)29(22(19)4)32(37(39)41-7)35-23(5)30-31(25-17-20(2)34(40-6)21(3)18-25)27-14-10-11-15-28(27)33(38)36(30)42-35/h8-18,32H,1-7H3. The molecule has 3 nitrogen and oxygen atoms in total. The van der Waals surface area contributed by atoms with E-state index >= 15 is 0 Å². The van der Waals surface area contributed by atoms with Crippen LogP contribution < -0.4 is 4.74 Å². The van der Waals surface area contributed by atoms with E-state index in [0.717, 1.165) is 80.3 Å². The Bertz CT molecular complexity index is 2030. The van der Waals surface area contributed by atoms with Gasteiger partial charge in [-0.15, -0.1) is 11.3 Å². The van der Waals surface area contributed by atoms with Crippen LogP contribution in [0.15, 0.2) is 71.2 Å². The van der Waals surface area contributed by atoms with Gasteiger partial charge in [0, 0.05) is 14.7 Å². The van der Waals surface area contributed by atoms with E-state index in [1.807, 2.05) is 12.1 Å². The van der Waals surface area contributed by atoms with Crippen molar-refractivity contribution in [2.75, 3.05) is 14.2 Å². The molecule has 1 aromatic heterocycles. The fourth-order valence-corrected chi connectivity index (χ4v) is 8.75. The van der Waals surface area contributed by atoms with Crippen molar-refractivity contribution < 1.29 is 14.3 Å². The summed E-state index contributed by atoms with van der Waals surface area (Å²) in [5.74, 6) is 0.105. The van der Waals surface area contributed by atoms with Crippen LogP contribution in [0.3, 0.4) is 0 Å². The molecular weight excluding hydrogens is 604 g/mol. The second-order valence-corrected chi connectivity index (χ2v) is 12.9. The Hall–Kier alpha value is -3.67. The van der Waals surface area contributed by atoms with Crippen LogP contribution in [0.2, 0.25) is 0 Å². The first kappa shape index (κ1) is 28.4. The fraction of sp³-hybridized carbons (Fsp3) is 0.216. The van der Waals surface area contributed by atoms with E-state index < -0.39 is 5.92 Å². The summed E-state index contributed by atoms with van der Waals surface area (Å²) in [7, 11) is 3.21. The first-order valence-corrected chi connectivity index (χ1v) is 15.6. The van der Waals surface area contributed by atoms with Crippen molar-refractivity contribution in [1.29, 1.82) is 0 Å². The van der Waals surface area contributed by atoms with Crippen molar-refractivity contribution in [3.63, 3.8) is 0 Å². The average Bonchev–Trinajstić information content (AvgIpc) is 3.31. The number of fused-ring (bicyclic) bond motifs is 3. The lowest BCUT2D eigenvalue weighted by atomic mass is 9.84. The third-order valence-electron chi connectivity index (χ3n) is 8.63. The molecule has 0 radical (unpaired) electrons. The molecule has 1 atom stereocenters. The number of carbonyl (C=O) groups excluding carboxylic acids is 1. The van der Waals surface area contributed by atoms with Crippen molar-refractivity contribution >= 4 is 64.9 Å². The van der Waals surface area contributed by atoms with Gasteiger partial charge in [-0.3, -0.25) is 4.79 Å². The van der Waals surface area contributed by atoms with E-state index in [4.69, 9.17) is 9.47 Å². The lowest BCUT2D eigenvalue weighted by molar-refractivity contribution is -0.141. The van der Waals surface area contributed by atoms with Crippen molar-refractivity contribution in [2.45, 2.75) is 40.5 Å². The number of benzene rings is 5. The van der Waals surface area contributed by atoms with Crippen LogP contribution >= 0.6 is 27.3 Å². The number of hydrogen-bond acceptors (Lipinski definition) is 4. The van der Waals surface area contributed by atoms with Crippen LogP contribution in [-0.4, -0.2) is 20.2 Å². The molecule has 42 heavy (non-hydrogen) atoms. The van der Waals surface area contributed by atoms with E-state index in [-0.39, 0.29) is 5.97 Å². The molecule has 0 aliphatic carbocycles. The van der Waals surface area contributed by atoms with Crippen LogP contribution in [-0.2, 0) is 9.53 Å². The second kappa shape index (κ2) is 10.9. The van der Waals surface area contributed by atoms with Gasteiger partial charge in [-0.05, 0) is 129 Å². The normalized spacial score (nSPS) is 12.3. The number of thiophene rings is 1. The highest BCUT2D eigenvalue weighted by atomic mass is 79.9. The molecule has 0 aliphatic rings. The molecule has 0 N–H and O–H groups in total. The van der Waals surface area contributed by atoms with Gasteiger partial charge in [0.15, 0.2) is 0 Å². The quantitative estimate of drug-likeness (QED) is 0.177. The van der Waals surface area contributed by atoms with Gasteiger partial charge in [0.05, 0.1) is 18.9 Å². The van der Waals surface area contributed by atoms with Crippen LogP contribution in [0.5, 0.6) is 5.75 Å². The molecule has 1 heterocycles. The zero-order valence-electron chi connectivity index (χ0n) is 24.9. The molecule has 0 amide bonds. The largest absolute Gasteiger partial charge is 0.496 e. The minimum absolute atomic E-state index is 0.248. The molecule has 1 unspecified atom stereocenters. The summed E-state index contributed by atoms with van der Waals surface area (Å²) >= 11 is 5.68. The summed E-state index contributed by atoms with van der Waals surface area (Å²) in [5, 5.41) is 5.68. The molecule has 0 spiro atoms. The second-order valence-electron chi connectivity index (χ2n) is 11.1. The molecule has 6 aromatic rings. The zero-order chi connectivity index (χ0) is 29.9. The number of ether oxygens (including phenoxy) is 2. The lowest BCUT2D eigenvalue weighted by Gasteiger charge is -2.21. The van der Waals surface area contributed by atoms with Crippen LogP contribution in [0.4, 0.5) is 0 Å². The summed E-state index contributed by atoms with van der Waals surface area (Å²) in [4.78, 5) is 14.9. The van der Waals surface area contributed by atoms with E-state index in [1.165, 1.54) is 18.1 Å². The molecule has 5 aromatic carbocycles. The van der Waals surface area contributed by atoms with Crippen molar-refractivity contribution in [1.82, 2.24) is 0 Å². The SMILES string of the molecule is COC(=O)C(c1sc2c(Br)c3ccccc3c(-c3cc(C)c(OC)c(C)c3)c2c1C)c1c(C)c(C)cc2ccccc12. The first-order valence-electron chi connectivity index (χ1n) is 14.0. The lowest BCUT2D eigenvalue weighted by Crippen LogP contribution is -2.17. The fourth-order valence-electron chi connectivity index (χ4n) is 6.60. The van der Waals surface area contributed by atoms with Gasteiger partial charge in [0.1, 0.15) is 11.7 Å². The monoisotopic (exact) mass is 636 g/mol. The van der Waals surface area contributed by atoms with E-state index in [9.17, 15) is 4.79 Å². The minimum Gasteiger partial charge on any atom is -0.496 e. The molecule has 212 valence electrons. The van der Waals surface area contributed by atoms with Crippen LogP contribution in [0, 0.1) is 34.6 Å². The first-order chi connectivity index (χ1) is 20.2. The zero-order valence-corrected chi connectivity index (χ0v) is 27.3. The number of esters is 1. The van der Waals surface area contributed by atoms with Gasteiger partial charge in [-0.2, -0.15) is 0 Å². The Morgan fingerprint density at radius 1 is 0.786 bits per heavy atom. The Labute approximate surface area is 259 Å². The van der Waals surface area contributed by atoms with Gasteiger partial charge in [-0.25, -0.2) is 0 Å². The third kappa shape index (κ3) is 4.33. The molecule has 0 saturated carbocycles. The Morgan fingerprint density at radius 2 is 1.40 bits per heavy atom. The number of methoxy groups -OCH3 is 2. The van der Waals surface area contributed by atoms with E-state index in [2.05, 4.69) is 105 Å². The highest BCUT2D eigenvalue weighted by molar-refractivity contribution is 9.11. The Kier molecular flexibility index (Phi) is 7.36. The van der Waals surface area contributed by atoms with Gasteiger partial charge in [-0.1, -0.05) is 54.6 Å². The van der Waals surface area contributed by atoms with E-state index in [0.29, 0.717) is 0 Å². The van der Waals surface area contributed by atoms with E-state index in [1.54, 1.807) is 18.4 Å². The Morgan fingerprint density at radius 3 is 2.05 bits per heavy atom. The maximum atomic E-state index is 13.8. The highest BCUT2D eigenvalue weighted by Crippen LogP contribution is 2.51. The topological polar surface area (TPSA) is 35.5 Å². The number of aryl methyl sites for hydroxylation is 4. The molecular formula is C37H33BrO3S. The van der Waals surface area contributed by atoms with Gasteiger partial charge >= 0.3 is 5.97 Å². The predicted molar refractivity (Wildman–Crippen MR) is 181 cm³/mol. The summed E-state index contributed by atoms with van der Waals surface area (Å²) in [5.41, 5.74) is 8.89. The molecule has 6 rings (SSSR count). The minimum atomic E-state index is -0.556. The third-order valence-corrected chi connectivity index (χ3v) is 11.1. The molecule has 0 aliphatic heterocycles. The Balaban J connectivity index is 1.76. The van der Waals surface area contributed by atoms with Crippen molar-refractivity contribution in [2.24, 2.45) is 0 Å². The predicted octanol–water partition coefficient (Wildman–Crippen LogP) is 10.5. The average molecular weight is 638 g/mol. The molecule has 0 fully saturated rings. The number of hydrogen-bond donors (Lipinski definition) is 0. The molecule has 0 saturated heterocycles. The summed E-state index contributed by atoms with van der Waals surface area (Å²) in [6, 6.07) is 23.5. The smallest absolute Gasteiger partial charge is 0.318 e. The molecule has 0 bridgehead atoms. The molecule has 5 heteroatoms. The van der Waals surface area contributed by atoms with Crippen LogP contribution in [0.1, 0.15) is 44.2 Å². The maximum Gasteiger partial charge on any atom is 0.318 e. The number of carbonyl (C=O) groups is 1. The number of halogens is 1. The van der Waals surface area contributed by atoms with Crippen LogP contribution in [0.25, 0.3) is 42.8 Å².